The van der Waals surface area contributed by atoms with Crippen molar-refractivity contribution in [2.24, 2.45) is 10.1 Å². The molecule has 2 aromatic rings. The van der Waals surface area contributed by atoms with E-state index in [1.54, 1.807) is 31.2 Å². The number of aliphatic hydroxyl groups excluding tert-OH is 1. The number of halogens is 2. The topological polar surface area (TPSA) is 106 Å². The Balaban J connectivity index is 1.99. The van der Waals surface area contributed by atoms with Crippen molar-refractivity contribution in [3.8, 4) is 0 Å². The maximum absolute atomic E-state index is 14.6. The molecule has 2 unspecified atom stereocenters. The number of hydrazone groups is 1. The fourth-order valence-electron chi connectivity index (χ4n) is 3.44. The number of thioether (sulfide) groups is 1. The molecular formula is C23H25F2N5O3S. The number of hydrazine groups is 1. The van der Waals surface area contributed by atoms with Gasteiger partial charge in [0.1, 0.15) is 33.5 Å². The van der Waals surface area contributed by atoms with E-state index in [4.69, 9.17) is 0 Å². The smallest absolute Gasteiger partial charge is 0.272 e. The number of rotatable bonds is 7. The first-order valence-corrected chi connectivity index (χ1v) is 11.3. The third-order valence-electron chi connectivity index (χ3n) is 4.93. The van der Waals surface area contributed by atoms with E-state index in [9.17, 15) is 23.5 Å². The Morgan fingerprint density at radius 1 is 1.21 bits per heavy atom. The number of carbonyl (C=O) groups excluding carboxylic acids is 2. The molecule has 2 aromatic carbocycles. The van der Waals surface area contributed by atoms with E-state index in [1.807, 2.05) is 6.07 Å². The molecule has 2 atom stereocenters. The Kier molecular flexibility index (Phi) is 8.13. The Hall–Kier alpha value is -3.15. The Morgan fingerprint density at radius 2 is 1.91 bits per heavy atom. The molecule has 0 radical (unpaired) electrons. The molecule has 0 bridgehead atoms. The number of aliphatic hydroxyl groups is 1. The van der Waals surface area contributed by atoms with Crippen molar-refractivity contribution in [3.63, 3.8) is 0 Å². The van der Waals surface area contributed by atoms with Crippen LogP contribution in [0, 0.1) is 11.6 Å². The second-order valence-electron chi connectivity index (χ2n) is 7.63. The number of nitrogens with one attached hydrogen (secondary N) is 2. The second kappa shape index (κ2) is 10.9. The highest BCUT2D eigenvalue weighted by Gasteiger charge is 2.49. The number of hydrogen-bond donors (Lipinski definition) is 3. The molecule has 180 valence electrons. The molecule has 1 heterocycles. The van der Waals surface area contributed by atoms with Crippen LogP contribution in [0.25, 0.3) is 0 Å². The van der Waals surface area contributed by atoms with Crippen molar-refractivity contribution >= 4 is 34.5 Å². The van der Waals surface area contributed by atoms with E-state index in [1.165, 1.54) is 13.8 Å². The van der Waals surface area contributed by atoms with Crippen molar-refractivity contribution < 1.29 is 23.5 Å². The summed E-state index contributed by atoms with van der Waals surface area (Å²) in [7, 11) is 0. The first-order valence-electron chi connectivity index (χ1n) is 10.5. The van der Waals surface area contributed by atoms with Gasteiger partial charge in [0.15, 0.2) is 0 Å². The predicted octanol–water partition coefficient (Wildman–Crippen LogP) is 2.88. The third kappa shape index (κ3) is 5.66. The van der Waals surface area contributed by atoms with E-state index in [0.717, 1.165) is 35.0 Å². The van der Waals surface area contributed by atoms with Gasteiger partial charge >= 0.3 is 0 Å². The molecule has 3 N–H and O–H groups in total. The van der Waals surface area contributed by atoms with Crippen LogP contribution in [-0.4, -0.2) is 45.5 Å². The van der Waals surface area contributed by atoms with Crippen LogP contribution in [0.3, 0.4) is 0 Å². The van der Waals surface area contributed by atoms with Crippen molar-refractivity contribution in [3.05, 3.63) is 71.3 Å². The van der Waals surface area contributed by atoms with Crippen LogP contribution in [0.2, 0.25) is 0 Å². The standard InChI is InChI=1S/C23H25F2N5O3S/c1-14(31)22(33)30-23(17-7-5-4-6-8-17,11-12-26-28-15(2)27-16(3)32)34-21(29-30)19-13-18(24)9-10-20(19)25/h4-10,13-14,26,31H,11-12H2,1-3H3,(H,27,28,32). The number of amidine groups is 1. The zero-order valence-corrected chi connectivity index (χ0v) is 19.7. The fraction of sp³-hybridized carbons (Fsp3) is 0.304. The lowest BCUT2D eigenvalue weighted by Gasteiger charge is -2.36. The van der Waals surface area contributed by atoms with Gasteiger partial charge in [-0.05, 0) is 37.6 Å². The minimum atomic E-state index is -1.37. The lowest BCUT2D eigenvalue weighted by Crippen LogP contribution is -2.48. The zero-order chi connectivity index (χ0) is 24.9. The van der Waals surface area contributed by atoms with E-state index < -0.39 is 28.5 Å². The highest BCUT2D eigenvalue weighted by Crippen LogP contribution is 2.50. The molecular weight excluding hydrogens is 464 g/mol. The van der Waals surface area contributed by atoms with Crippen molar-refractivity contribution in [1.29, 1.82) is 0 Å². The Morgan fingerprint density at radius 3 is 2.56 bits per heavy atom. The molecule has 0 aliphatic carbocycles. The summed E-state index contributed by atoms with van der Waals surface area (Å²) in [5.41, 5.74) is 6.35. The van der Waals surface area contributed by atoms with Gasteiger partial charge in [-0.25, -0.2) is 19.2 Å². The molecule has 1 aliphatic heterocycles. The molecule has 0 aromatic heterocycles. The zero-order valence-electron chi connectivity index (χ0n) is 18.9. The fourth-order valence-corrected chi connectivity index (χ4v) is 4.82. The average molecular weight is 490 g/mol. The van der Waals surface area contributed by atoms with Crippen LogP contribution in [0.4, 0.5) is 8.78 Å². The van der Waals surface area contributed by atoms with Gasteiger partial charge in [0, 0.05) is 25.5 Å². The number of amides is 2. The monoisotopic (exact) mass is 489 g/mol. The van der Waals surface area contributed by atoms with Gasteiger partial charge in [-0.1, -0.05) is 42.1 Å². The lowest BCUT2D eigenvalue weighted by molar-refractivity contribution is -0.143. The second-order valence-corrected chi connectivity index (χ2v) is 8.89. The maximum atomic E-state index is 14.6. The molecule has 0 spiro atoms. The summed E-state index contributed by atoms with van der Waals surface area (Å²) < 4.78 is 28.5. The van der Waals surface area contributed by atoms with Gasteiger partial charge in [-0.15, -0.1) is 0 Å². The molecule has 0 saturated heterocycles. The third-order valence-corrected chi connectivity index (χ3v) is 6.38. The number of benzene rings is 2. The van der Waals surface area contributed by atoms with Crippen LogP contribution in [0.1, 0.15) is 38.3 Å². The largest absolute Gasteiger partial charge is 0.383 e. The van der Waals surface area contributed by atoms with Gasteiger partial charge in [0.2, 0.25) is 5.91 Å². The van der Waals surface area contributed by atoms with Gasteiger partial charge < -0.3 is 10.5 Å². The summed E-state index contributed by atoms with van der Waals surface area (Å²) in [4.78, 5) is 26.8. The highest BCUT2D eigenvalue weighted by atomic mass is 32.2. The van der Waals surface area contributed by atoms with Gasteiger partial charge in [0.25, 0.3) is 5.91 Å². The lowest BCUT2D eigenvalue weighted by atomic mass is 10.0. The molecule has 3 rings (SSSR count). The Labute approximate surface area is 200 Å². The summed E-state index contributed by atoms with van der Waals surface area (Å²) in [6, 6.07) is 12.0. The number of hydrogen-bond acceptors (Lipinski definition) is 6. The minimum absolute atomic E-state index is 0.0817. The SMILES string of the molecule is CC(=O)N=C(C)NNCCC1(c2ccccc2)SC(c2cc(F)ccc2F)=NN1C(=O)C(C)O. The molecule has 8 nitrogen and oxygen atoms in total. The number of aliphatic imine (C=N–C) groups is 1. The normalized spacial score (nSPS) is 19.1. The minimum Gasteiger partial charge on any atom is -0.383 e. The van der Waals surface area contributed by atoms with Gasteiger partial charge in [-0.3, -0.25) is 9.59 Å². The molecule has 11 heteroatoms. The van der Waals surface area contributed by atoms with Crippen molar-refractivity contribution in [2.75, 3.05) is 6.54 Å². The molecule has 34 heavy (non-hydrogen) atoms. The summed E-state index contributed by atoms with van der Waals surface area (Å²) in [5, 5.41) is 15.7. The number of nitrogens with zero attached hydrogens (tertiary/aromatic N) is 3. The van der Waals surface area contributed by atoms with E-state index in [2.05, 4.69) is 20.9 Å². The summed E-state index contributed by atoms with van der Waals surface area (Å²) in [5.74, 6) is -2.02. The van der Waals surface area contributed by atoms with Gasteiger partial charge in [-0.2, -0.15) is 10.1 Å². The maximum Gasteiger partial charge on any atom is 0.272 e. The van der Waals surface area contributed by atoms with Gasteiger partial charge in [0.05, 0.1) is 0 Å². The molecule has 0 fully saturated rings. The number of carbonyl (C=O) groups is 2. The molecule has 0 saturated carbocycles. The Bertz CT molecular complexity index is 1130. The summed E-state index contributed by atoms with van der Waals surface area (Å²) >= 11 is 1.10. The van der Waals surface area contributed by atoms with E-state index in [0.29, 0.717) is 11.4 Å². The first-order chi connectivity index (χ1) is 16.1. The average Bonchev–Trinajstić information content (AvgIpc) is 3.18. The van der Waals surface area contributed by atoms with Crippen LogP contribution in [0.5, 0.6) is 0 Å². The summed E-state index contributed by atoms with van der Waals surface area (Å²) in [6.07, 6.45) is -1.12. The molecule has 1 aliphatic rings. The predicted molar refractivity (Wildman–Crippen MR) is 127 cm³/mol. The van der Waals surface area contributed by atoms with Crippen LogP contribution < -0.4 is 10.9 Å². The highest BCUT2D eigenvalue weighted by molar-refractivity contribution is 8.15. The summed E-state index contributed by atoms with van der Waals surface area (Å²) in [6.45, 7) is 4.53. The van der Waals surface area contributed by atoms with E-state index in [-0.39, 0.29) is 29.5 Å². The van der Waals surface area contributed by atoms with Crippen molar-refractivity contribution in [1.82, 2.24) is 15.9 Å². The first kappa shape index (κ1) is 25.5. The van der Waals surface area contributed by atoms with Crippen LogP contribution in [-0.2, 0) is 14.5 Å². The molecule has 2 amide bonds. The van der Waals surface area contributed by atoms with Crippen LogP contribution >= 0.6 is 11.8 Å². The van der Waals surface area contributed by atoms with E-state index >= 15 is 0 Å². The van der Waals surface area contributed by atoms with Crippen molar-refractivity contribution in [2.45, 2.75) is 38.2 Å². The van der Waals surface area contributed by atoms with Crippen LogP contribution in [0.15, 0.2) is 58.6 Å². The quantitative estimate of drug-likeness (QED) is 0.239.